The largest absolute Gasteiger partial charge is 0.322 e. The van der Waals surface area contributed by atoms with Crippen molar-refractivity contribution in [3.63, 3.8) is 0 Å². The van der Waals surface area contributed by atoms with Gasteiger partial charge in [-0.05, 0) is 55.8 Å². The van der Waals surface area contributed by atoms with E-state index in [1.165, 1.54) is 31.2 Å². The van der Waals surface area contributed by atoms with Crippen molar-refractivity contribution in [3.05, 3.63) is 34.9 Å². The molecule has 0 spiro atoms. The van der Waals surface area contributed by atoms with E-state index in [9.17, 15) is 14.4 Å². The van der Waals surface area contributed by atoms with Crippen LogP contribution in [0.3, 0.4) is 0 Å². The van der Waals surface area contributed by atoms with E-state index in [0.29, 0.717) is 30.6 Å². The van der Waals surface area contributed by atoms with Gasteiger partial charge >= 0.3 is 0 Å². The number of hydrogen-bond donors (Lipinski definition) is 2. The fraction of sp³-hybridized carbons (Fsp3) is 0.591. The average Bonchev–Trinajstić information content (AvgIpc) is 3.52. The molecule has 3 amide bonds. The van der Waals surface area contributed by atoms with Crippen molar-refractivity contribution in [1.82, 2.24) is 20.4 Å². The van der Waals surface area contributed by atoms with Crippen LogP contribution in [0.2, 0.25) is 0 Å². The molecule has 2 unspecified atom stereocenters. The van der Waals surface area contributed by atoms with Gasteiger partial charge < -0.3 is 10.2 Å². The van der Waals surface area contributed by atoms with E-state index in [4.69, 9.17) is 0 Å². The lowest BCUT2D eigenvalue weighted by molar-refractivity contribution is -0.136. The number of fused-ring (bicyclic) bond motifs is 1. The van der Waals surface area contributed by atoms with Crippen molar-refractivity contribution >= 4 is 17.7 Å². The quantitative estimate of drug-likeness (QED) is 0.730. The zero-order valence-corrected chi connectivity index (χ0v) is 16.7. The molecule has 5 rings (SSSR count). The molecule has 1 aliphatic carbocycles. The smallest absolute Gasteiger partial charge is 0.255 e. The molecule has 1 aromatic rings. The highest BCUT2D eigenvalue weighted by atomic mass is 16.2. The van der Waals surface area contributed by atoms with Gasteiger partial charge in [-0.3, -0.25) is 24.6 Å². The number of hydrogen-bond acceptors (Lipinski definition) is 5. The Morgan fingerprint density at radius 2 is 1.93 bits per heavy atom. The number of piperidine rings is 2. The second-order valence-electron chi connectivity index (χ2n) is 8.80. The maximum atomic E-state index is 13.0. The van der Waals surface area contributed by atoms with Crippen LogP contribution in [0, 0.1) is 0 Å². The second-order valence-corrected chi connectivity index (χ2v) is 8.80. The molecular weight excluding hydrogens is 368 g/mol. The highest BCUT2D eigenvalue weighted by Gasteiger charge is 2.39. The summed E-state index contributed by atoms with van der Waals surface area (Å²) in [6, 6.07) is 6.89. The van der Waals surface area contributed by atoms with E-state index >= 15 is 0 Å². The topological polar surface area (TPSA) is 81.8 Å². The van der Waals surface area contributed by atoms with Crippen molar-refractivity contribution in [2.75, 3.05) is 13.1 Å². The molecule has 3 aliphatic heterocycles. The summed E-state index contributed by atoms with van der Waals surface area (Å²) in [6.45, 7) is 3.47. The van der Waals surface area contributed by atoms with Crippen LogP contribution in [0.25, 0.3) is 0 Å². The number of nitrogens with zero attached hydrogens (tertiary/aromatic N) is 2. The molecule has 7 nitrogen and oxygen atoms in total. The van der Waals surface area contributed by atoms with E-state index < -0.39 is 6.04 Å². The lowest BCUT2D eigenvalue weighted by Crippen LogP contribution is -2.52. The van der Waals surface area contributed by atoms with Gasteiger partial charge in [0, 0.05) is 43.7 Å². The minimum atomic E-state index is -0.549. The standard InChI is InChI=1S/C22H28N4O3/c27-20-8-7-19(21(28)24-20)26-13-15-4-3-14(10-18(15)22(26)29)12-25(16-5-6-16)17-2-1-9-23-11-17/h3-4,10,16-17,19,23H,1-2,5-9,11-13H2,(H,24,27,28). The van der Waals surface area contributed by atoms with Crippen molar-refractivity contribution in [2.24, 2.45) is 0 Å². The molecule has 3 fully saturated rings. The Balaban J connectivity index is 1.32. The minimum absolute atomic E-state index is 0.0892. The van der Waals surface area contributed by atoms with Crippen LogP contribution in [0.1, 0.15) is 60.0 Å². The average molecular weight is 396 g/mol. The fourth-order valence-electron chi connectivity index (χ4n) is 4.99. The van der Waals surface area contributed by atoms with Gasteiger partial charge in [-0.2, -0.15) is 0 Å². The molecule has 2 atom stereocenters. The number of benzene rings is 1. The number of carbonyl (C=O) groups is 3. The van der Waals surface area contributed by atoms with Gasteiger partial charge in [-0.25, -0.2) is 0 Å². The molecule has 0 radical (unpaired) electrons. The van der Waals surface area contributed by atoms with E-state index in [0.717, 1.165) is 25.2 Å². The third kappa shape index (κ3) is 3.69. The number of rotatable bonds is 5. The van der Waals surface area contributed by atoms with Crippen LogP contribution >= 0.6 is 0 Å². The molecule has 3 heterocycles. The van der Waals surface area contributed by atoms with Gasteiger partial charge in [0.1, 0.15) is 6.04 Å². The minimum Gasteiger partial charge on any atom is -0.322 e. The Morgan fingerprint density at radius 1 is 1.07 bits per heavy atom. The van der Waals surface area contributed by atoms with Gasteiger partial charge in [0.05, 0.1) is 0 Å². The summed E-state index contributed by atoms with van der Waals surface area (Å²) in [6.07, 6.45) is 5.68. The summed E-state index contributed by atoms with van der Waals surface area (Å²) >= 11 is 0. The maximum Gasteiger partial charge on any atom is 0.255 e. The first-order valence-corrected chi connectivity index (χ1v) is 10.8. The zero-order chi connectivity index (χ0) is 20.0. The number of amides is 3. The normalized spacial score (nSPS) is 27.3. The predicted octanol–water partition coefficient (Wildman–Crippen LogP) is 1.16. The Kier molecular flexibility index (Phi) is 4.87. The first-order valence-electron chi connectivity index (χ1n) is 10.8. The first-order chi connectivity index (χ1) is 14.1. The lowest BCUT2D eigenvalue weighted by atomic mass is 10.0. The summed E-state index contributed by atoms with van der Waals surface area (Å²) in [5.74, 6) is -0.698. The molecule has 154 valence electrons. The van der Waals surface area contributed by atoms with Crippen molar-refractivity contribution in [1.29, 1.82) is 0 Å². The van der Waals surface area contributed by atoms with Crippen LogP contribution in [0.5, 0.6) is 0 Å². The summed E-state index contributed by atoms with van der Waals surface area (Å²) in [5, 5.41) is 5.88. The van der Waals surface area contributed by atoms with Crippen molar-refractivity contribution in [2.45, 2.75) is 69.7 Å². The summed E-state index contributed by atoms with van der Waals surface area (Å²) in [7, 11) is 0. The predicted molar refractivity (Wildman–Crippen MR) is 107 cm³/mol. The summed E-state index contributed by atoms with van der Waals surface area (Å²) < 4.78 is 0. The SMILES string of the molecule is O=C1CCC(N2Cc3ccc(CN(C4CC4)C4CCCNC4)cc3C2=O)C(=O)N1. The van der Waals surface area contributed by atoms with Crippen LogP contribution in [0.15, 0.2) is 18.2 Å². The Labute approximate surface area is 170 Å². The van der Waals surface area contributed by atoms with E-state index in [-0.39, 0.29) is 24.1 Å². The van der Waals surface area contributed by atoms with Crippen LogP contribution in [-0.2, 0) is 22.7 Å². The van der Waals surface area contributed by atoms with Crippen LogP contribution in [0.4, 0.5) is 0 Å². The Morgan fingerprint density at radius 3 is 2.66 bits per heavy atom. The molecule has 4 aliphatic rings. The van der Waals surface area contributed by atoms with Gasteiger partial charge in [-0.1, -0.05) is 12.1 Å². The molecule has 2 saturated heterocycles. The van der Waals surface area contributed by atoms with Crippen LogP contribution in [-0.4, -0.2) is 58.7 Å². The van der Waals surface area contributed by atoms with E-state index in [1.807, 2.05) is 12.1 Å². The summed E-state index contributed by atoms with van der Waals surface area (Å²) in [5.41, 5.74) is 2.85. The molecular formula is C22H28N4O3. The Bertz CT molecular complexity index is 844. The van der Waals surface area contributed by atoms with Gasteiger partial charge in [0.15, 0.2) is 0 Å². The third-order valence-corrected chi connectivity index (χ3v) is 6.71. The van der Waals surface area contributed by atoms with E-state index in [2.05, 4.69) is 21.6 Å². The highest BCUT2D eigenvalue weighted by molar-refractivity contribution is 6.05. The molecule has 2 N–H and O–H groups in total. The molecule has 29 heavy (non-hydrogen) atoms. The number of imide groups is 1. The highest BCUT2D eigenvalue weighted by Crippen LogP contribution is 2.33. The second kappa shape index (κ2) is 7.54. The van der Waals surface area contributed by atoms with Crippen LogP contribution < -0.4 is 10.6 Å². The Hall–Kier alpha value is -2.25. The molecule has 0 bridgehead atoms. The molecule has 7 heteroatoms. The number of nitrogens with one attached hydrogen (secondary N) is 2. The lowest BCUT2D eigenvalue weighted by Gasteiger charge is -2.35. The third-order valence-electron chi connectivity index (χ3n) is 6.71. The summed E-state index contributed by atoms with van der Waals surface area (Å²) in [4.78, 5) is 40.9. The molecule has 0 aromatic heterocycles. The first kappa shape index (κ1) is 18.8. The zero-order valence-electron chi connectivity index (χ0n) is 16.7. The fourth-order valence-corrected chi connectivity index (χ4v) is 4.99. The number of carbonyl (C=O) groups excluding carboxylic acids is 3. The van der Waals surface area contributed by atoms with Gasteiger partial charge in [0.25, 0.3) is 5.91 Å². The van der Waals surface area contributed by atoms with Crippen molar-refractivity contribution < 1.29 is 14.4 Å². The van der Waals surface area contributed by atoms with Gasteiger partial charge in [0.2, 0.25) is 11.8 Å². The molecule has 1 aromatic carbocycles. The maximum absolute atomic E-state index is 13.0. The van der Waals surface area contributed by atoms with Gasteiger partial charge in [-0.15, -0.1) is 0 Å². The monoisotopic (exact) mass is 396 g/mol. The van der Waals surface area contributed by atoms with Crippen molar-refractivity contribution in [3.8, 4) is 0 Å². The molecule has 1 saturated carbocycles. The van der Waals surface area contributed by atoms with E-state index in [1.54, 1.807) is 4.90 Å².